The van der Waals surface area contributed by atoms with Crippen molar-refractivity contribution >= 4 is 0 Å². The quantitative estimate of drug-likeness (QED) is 0.398. The monoisotopic (exact) mass is 282 g/mol. The van der Waals surface area contributed by atoms with Gasteiger partial charge in [0.25, 0.3) is 5.60 Å². The molecule has 0 heterocycles. The van der Waals surface area contributed by atoms with E-state index in [9.17, 15) is 26.3 Å². The summed E-state index contributed by atoms with van der Waals surface area (Å²) in [4.78, 5) is 0. The minimum absolute atomic E-state index is 0.223. The highest BCUT2D eigenvalue weighted by atomic mass is 19.4. The Morgan fingerprint density at radius 2 is 1.39 bits per heavy atom. The Hall–Kier alpha value is -0.500. The van der Waals surface area contributed by atoms with Crippen LogP contribution in [0.25, 0.3) is 0 Å². The molecule has 0 rings (SSSR count). The van der Waals surface area contributed by atoms with Crippen LogP contribution in [-0.2, 0) is 9.47 Å². The Bertz CT molecular complexity index is 222. The zero-order valence-corrected chi connectivity index (χ0v) is 10.1. The van der Waals surface area contributed by atoms with E-state index in [0.717, 1.165) is 7.11 Å². The van der Waals surface area contributed by atoms with Crippen LogP contribution in [0.5, 0.6) is 0 Å². The molecule has 2 nitrogen and oxygen atoms in total. The molecular formula is C10H16F6O2. The third-order valence-corrected chi connectivity index (χ3v) is 2.47. The van der Waals surface area contributed by atoms with Crippen molar-refractivity contribution in [1.29, 1.82) is 0 Å². The summed E-state index contributed by atoms with van der Waals surface area (Å²) in [5.41, 5.74) is -4.15. The highest BCUT2D eigenvalue weighted by Crippen LogP contribution is 2.48. The third-order valence-electron chi connectivity index (χ3n) is 2.47. The molecule has 110 valence electrons. The molecule has 0 aliphatic rings. The topological polar surface area (TPSA) is 18.5 Å². The fraction of sp³-hybridized carbons (Fsp3) is 1.00. The number of halogens is 6. The molecule has 0 aromatic rings. The summed E-state index contributed by atoms with van der Waals surface area (Å²) in [6.07, 6.45) is -11.7. The lowest BCUT2D eigenvalue weighted by Gasteiger charge is -2.36. The highest BCUT2D eigenvalue weighted by molar-refractivity contribution is 4.95. The van der Waals surface area contributed by atoms with Crippen LogP contribution in [0.4, 0.5) is 26.3 Å². The predicted octanol–water partition coefficient (Wildman–Crippen LogP) is 4.05. The summed E-state index contributed by atoms with van der Waals surface area (Å²) in [6, 6.07) is 0. The van der Waals surface area contributed by atoms with E-state index in [2.05, 4.69) is 9.47 Å². The van der Waals surface area contributed by atoms with E-state index < -0.39 is 31.2 Å². The van der Waals surface area contributed by atoms with Gasteiger partial charge in [-0.3, -0.25) is 0 Å². The number of hydrogen-bond acceptors (Lipinski definition) is 2. The molecular weight excluding hydrogens is 266 g/mol. The second-order valence-electron chi connectivity index (χ2n) is 3.83. The predicted molar refractivity (Wildman–Crippen MR) is 51.9 cm³/mol. The summed E-state index contributed by atoms with van der Waals surface area (Å²) < 4.78 is 84.5. The van der Waals surface area contributed by atoms with Gasteiger partial charge in [0.05, 0.1) is 0 Å². The van der Waals surface area contributed by atoms with Gasteiger partial charge < -0.3 is 9.47 Å². The molecule has 8 heteroatoms. The SMILES string of the molecule is CCCCCC(OCOC)(C(F)(F)F)C(F)(F)F. The van der Waals surface area contributed by atoms with Gasteiger partial charge in [-0.2, -0.15) is 26.3 Å². The first-order valence-electron chi connectivity index (χ1n) is 5.38. The van der Waals surface area contributed by atoms with Gasteiger partial charge in [-0.1, -0.05) is 19.8 Å². The van der Waals surface area contributed by atoms with Gasteiger partial charge in [-0.25, -0.2) is 0 Å². The van der Waals surface area contributed by atoms with Crippen LogP contribution in [0, 0.1) is 0 Å². The molecule has 0 unspecified atom stereocenters. The van der Waals surface area contributed by atoms with E-state index in [0.29, 0.717) is 6.42 Å². The molecule has 0 amide bonds. The van der Waals surface area contributed by atoms with Crippen LogP contribution in [0.1, 0.15) is 32.6 Å². The zero-order valence-electron chi connectivity index (χ0n) is 10.1. The summed E-state index contributed by atoms with van der Waals surface area (Å²) in [5, 5.41) is 0. The third kappa shape index (κ3) is 4.01. The Labute approximate surface area is 101 Å². The smallest absolute Gasteiger partial charge is 0.359 e. The summed E-state index contributed by atoms with van der Waals surface area (Å²) in [5.74, 6) is 0. The number of methoxy groups -OCH3 is 1. The summed E-state index contributed by atoms with van der Waals surface area (Å²) in [6.45, 7) is 0.615. The van der Waals surface area contributed by atoms with Crippen LogP contribution in [0.3, 0.4) is 0 Å². The first-order valence-corrected chi connectivity index (χ1v) is 5.38. The number of rotatable bonds is 7. The molecule has 0 aliphatic carbocycles. The Balaban J connectivity index is 5.15. The fourth-order valence-electron chi connectivity index (χ4n) is 1.46. The van der Waals surface area contributed by atoms with E-state index in [1.165, 1.54) is 0 Å². The van der Waals surface area contributed by atoms with Gasteiger partial charge in [-0.05, 0) is 12.8 Å². The van der Waals surface area contributed by atoms with Gasteiger partial charge in [-0.15, -0.1) is 0 Å². The zero-order chi connectivity index (χ0) is 14.4. The molecule has 18 heavy (non-hydrogen) atoms. The van der Waals surface area contributed by atoms with Crippen LogP contribution in [-0.4, -0.2) is 31.9 Å². The molecule has 0 fully saturated rings. The average molecular weight is 282 g/mol. The van der Waals surface area contributed by atoms with Crippen LogP contribution in [0.15, 0.2) is 0 Å². The number of alkyl halides is 6. The Morgan fingerprint density at radius 1 is 0.889 bits per heavy atom. The maximum absolute atomic E-state index is 12.7. The van der Waals surface area contributed by atoms with Crippen molar-refractivity contribution in [3.8, 4) is 0 Å². The van der Waals surface area contributed by atoms with Gasteiger partial charge in [0.2, 0.25) is 0 Å². The molecule has 0 saturated heterocycles. The lowest BCUT2D eigenvalue weighted by atomic mass is 9.94. The molecule has 0 spiro atoms. The first-order chi connectivity index (χ1) is 8.12. The molecule has 0 atom stereocenters. The second kappa shape index (κ2) is 6.60. The van der Waals surface area contributed by atoms with Gasteiger partial charge in [0.15, 0.2) is 0 Å². The Morgan fingerprint density at radius 3 is 1.72 bits per heavy atom. The normalized spacial score (nSPS) is 14.0. The molecule has 0 N–H and O–H groups in total. The van der Waals surface area contributed by atoms with Crippen molar-refractivity contribution in [1.82, 2.24) is 0 Å². The number of unbranched alkanes of at least 4 members (excludes halogenated alkanes) is 2. The van der Waals surface area contributed by atoms with E-state index in [1.54, 1.807) is 6.92 Å². The van der Waals surface area contributed by atoms with Crippen molar-refractivity contribution in [3.63, 3.8) is 0 Å². The standard InChI is InChI=1S/C10H16F6O2/c1-3-4-5-6-8(9(11,12)13,10(14,15)16)18-7-17-2/h3-7H2,1-2H3. The molecule has 0 aliphatic heterocycles. The van der Waals surface area contributed by atoms with Crippen molar-refractivity contribution in [2.24, 2.45) is 0 Å². The summed E-state index contributed by atoms with van der Waals surface area (Å²) >= 11 is 0. The molecule has 0 saturated carbocycles. The van der Waals surface area contributed by atoms with E-state index >= 15 is 0 Å². The number of ether oxygens (including phenoxy) is 2. The summed E-state index contributed by atoms with van der Waals surface area (Å²) in [7, 11) is 0.962. The minimum atomic E-state index is -5.53. The Kier molecular flexibility index (Phi) is 6.42. The van der Waals surface area contributed by atoms with E-state index in [4.69, 9.17) is 0 Å². The maximum atomic E-state index is 12.7. The molecule has 0 aromatic heterocycles. The lowest BCUT2D eigenvalue weighted by Crippen LogP contribution is -2.59. The van der Waals surface area contributed by atoms with Crippen LogP contribution >= 0.6 is 0 Å². The first kappa shape index (κ1) is 17.5. The van der Waals surface area contributed by atoms with Crippen molar-refractivity contribution in [3.05, 3.63) is 0 Å². The average Bonchev–Trinajstić information content (AvgIpc) is 2.19. The van der Waals surface area contributed by atoms with Crippen LogP contribution < -0.4 is 0 Å². The van der Waals surface area contributed by atoms with E-state index in [-0.39, 0.29) is 12.8 Å². The van der Waals surface area contributed by atoms with Gasteiger partial charge >= 0.3 is 12.4 Å². The van der Waals surface area contributed by atoms with Crippen molar-refractivity contribution in [2.45, 2.75) is 50.6 Å². The largest absolute Gasteiger partial charge is 0.426 e. The lowest BCUT2D eigenvalue weighted by molar-refractivity contribution is -0.394. The second-order valence-corrected chi connectivity index (χ2v) is 3.83. The minimum Gasteiger partial charge on any atom is -0.359 e. The fourth-order valence-corrected chi connectivity index (χ4v) is 1.46. The highest BCUT2D eigenvalue weighted by Gasteiger charge is 2.71. The van der Waals surface area contributed by atoms with Crippen molar-refractivity contribution in [2.75, 3.05) is 13.9 Å². The van der Waals surface area contributed by atoms with Crippen molar-refractivity contribution < 1.29 is 35.8 Å². The molecule has 0 bridgehead atoms. The van der Waals surface area contributed by atoms with E-state index in [1.807, 2.05) is 0 Å². The van der Waals surface area contributed by atoms with Crippen LogP contribution in [0.2, 0.25) is 0 Å². The maximum Gasteiger partial charge on any atom is 0.426 e. The molecule has 0 aromatic carbocycles. The van der Waals surface area contributed by atoms with Gasteiger partial charge in [0, 0.05) is 7.11 Å². The number of hydrogen-bond donors (Lipinski definition) is 0. The van der Waals surface area contributed by atoms with Gasteiger partial charge in [0.1, 0.15) is 6.79 Å². The molecule has 0 radical (unpaired) electrons.